The number of hydrogen-bond donors (Lipinski definition) is 3. The third-order valence-electron chi connectivity index (χ3n) is 3.04. The van der Waals surface area contributed by atoms with Crippen LogP contribution in [0.3, 0.4) is 0 Å². The molecule has 0 unspecified atom stereocenters. The average molecular weight is 295 g/mol. The standard InChI is InChI=1S/C15H22FN3O2/c1-9(2)6-13(19-15(17)21)14(20)18-8-11-5-4-10(3)12(16)7-11/h4-5,7,9,13H,6,8H2,1-3H3,(H,18,20)(H3,17,19,21)/t13-/m1/s1. The molecule has 0 aliphatic heterocycles. The number of benzene rings is 1. The molecular weight excluding hydrogens is 273 g/mol. The lowest BCUT2D eigenvalue weighted by Crippen LogP contribution is -2.49. The number of aryl methyl sites for hydroxylation is 1. The highest BCUT2D eigenvalue weighted by atomic mass is 19.1. The summed E-state index contributed by atoms with van der Waals surface area (Å²) in [5, 5.41) is 5.10. The Morgan fingerprint density at radius 3 is 2.52 bits per heavy atom. The topological polar surface area (TPSA) is 84.2 Å². The van der Waals surface area contributed by atoms with Gasteiger partial charge in [-0.3, -0.25) is 4.79 Å². The molecule has 116 valence electrons. The lowest BCUT2D eigenvalue weighted by molar-refractivity contribution is -0.123. The quantitative estimate of drug-likeness (QED) is 0.748. The van der Waals surface area contributed by atoms with E-state index in [-0.39, 0.29) is 24.2 Å². The number of hydrogen-bond acceptors (Lipinski definition) is 2. The van der Waals surface area contributed by atoms with Crippen LogP contribution in [0.25, 0.3) is 0 Å². The molecule has 0 fully saturated rings. The van der Waals surface area contributed by atoms with E-state index in [9.17, 15) is 14.0 Å². The summed E-state index contributed by atoms with van der Waals surface area (Å²) >= 11 is 0. The number of nitrogens with two attached hydrogens (primary N) is 1. The van der Waals surface area contributed by atoms with Crippen LogP contribution in [0.2, 0.25) is 0 Å². The first-order valence-corrected chi connectivity index (χ1v) is 6.88. The molecule has 0 saturated carbocycles. The van der Waals surface area contributed by atoms with Gasteiger partial charge in [0.15, 0.2) is 0 Å². The molecule has 1 rings (SSSR count). The minimum atomic E-state index is -0.739. The number of primary amides is 1. The summed E-state index contributed by atoms with van der Waals surface area (Å²) < 4.78 is 13.4. The predicted molar refractivity (Wildman–Crippen MR) is 78.9 cm³/mol. The van der Waals surface area contributed by atoms with Crippen molar-refractivity contribution in [2.75, 3.05) is 0 Å². The Hall–Kier alpha value is -2.11. The molecule has 0 aliphatic carbocycles. The molecule has 0 bridgehead atoms. The summed E-state index contributed by atoms with van der Waals surface area (Å²) in [6, 6.07) is 3.37. The minimum absolute atomic E-state index is 0.199. The highest BCUT2D eigenvalue weighted by molar-refractivity contribution is 5.86. The van der Waals surface area contributed by atoms with E-state index in [4.69, 9.17) is 5.73 Å². The zero-order valence-electron chi connectivity index (χ0n) is 12.6. The fraction of sp³-hybridized carbons (Fsp3) is 0.467. The maximum absolute atomic E-state index is 13.4. The highest BCUT2D eigenvalue weighted by Crippen LogP contribution is 2.09. The second-order valence-corrected chi connectivity index (χ2v) is 5.49. The van der Waals surface area contributed by atoms with Gasteiger partial charge in [-0.25, -0.2) is 9.18 Å². The number of urea groups is 1. The van der Waals surface area contributed by atoms with Gasteiger partial charge in [-0.2, -0.15) is 0 Å². The van der Waals surface area contributed by atoms with Crippen molar-refractivity contribution in [3.8, 4) is 0 Å². The maximum atomic E-state index is 13.4. The van der Waals surface area contributed by atoms with E-state index in [1.807, 2.05) is 13.8 Å². The number of rotatable bonds is 6. The van der Waals surface area contributed by atoms with Crippen LogP contribution in [-0.4, -0.2) is 18.0 Å². The molecule has 1 aromatic rings. The van der Waals surface area contributed by atoms with Gasteiger partial charge in [0.1, 0.15) is 11.9 Å². The number of carbonyl (C=O) groups is 2. The highest BCUT2D eigenvalue weighted by Gasteiger charge is 2.20. The van der Waals surface area contributed by atoms with Crippen LogP contribution < -0.4 is 16.4 Å². The van der Waals surface area contributed by atoms with E-state index in [2.05, 4.69) is 10.6 Å². The Balaban J connectivity index is 2.63. The normalized spacial score (nSPS) is 12.0. The van der Waals surface area contributed by atoms with Crippen molar-refractivity contribution in [3.63, 3.8) is 0 Å². The van der Waals surface area contributed by atoms with Gasteiger partial charge in [-0.15, -0.1) is 0 Å². The minimum Gasteiger partial charge on any atom is -0.352 e. The molecule has 0 aliphatic rings. The molecule has 0 aromatic heterocycles. The Kier molecular flexibility index (Phi) is 6.14. The van der Waals surface area contributed by atoms with E-state index in [1.165, 1.54) is 6.07 Å². The average Bonchev–Trinajstić information content (AvgIpc) is 2.38. The van der Waals surface area contributed by atoms with Crippen molar-refractivity contribution in [2.45, 2.75) is 39.8 Å². The van der Waals surface area contributed by atoms with Crippen LogP contribution in [-0.2, 0) is 11.3 Å². The largest absolute Gasteiger partial charge is 0.352 e. The fourth-order valence-corrected chi connectivity index (χ4v) is 1.93. The smallest absolute Gasteiger partial charge is 0.312 e. The van der Waals surface area contributed by atoms with Crippen molar-refractivity contribution in [1.29, 1.82) is 0 Å². The molecule has 0 spiro atoms. The zero-order valence-corrected chi connectivity index (χ0v) is 12.6. The van der Waals surface area contributed by atoms with E-state index in [1.54, 1.807) is 19.1 Å². The summed E-state index contributed by atoms with van der Waals surface area (Å²) in [6.45, 7) is 5.76. The van der Waals surface area contributed by atoms with Gasteiger partial charge in [-0.05, 0) is 36.5 Å². The summed E-state index contributed by atoms with van der Waals surface area (Å²) in [6.07, 6.45) is 0.483. The van der Waals surface area contributed by atoms with Gasteiger partial charge in [-0.1, -0.05) is 26.0 Å². The molecule has 0 saturated heterocycles. The zero-order chi connectivity index (χ0) is 16.0. The molecule has 0 radical (unpaired) electrons. The van der Waals surface area contributed by atoms with E-state index in [0.29, 0.717) is 17.5 Å². The monoisotopic (exact) mass is 295 g/mol. The SMILES string of the molecule is Cc1ccc(CNC(=O)[C@@H](CC(C)C)NC(N)=O)cc1F. The first-order valence-electron chi connectivity index (χ1n) is 6.88. The van der Waals surface area contributed by atoms with Gasteiger partial charge >= 0.3 is 6.03 Å². The van der Waals surface area contributed by atoms with Crippen molar-refractivity contribution < 1.29 is 14.0 Å². The first-order chi connectivity index (χ1) is 9.79. The lowest BCUT2D eigenvalue weighted by atomic mass is 10.0. The van der Waals surface area contributed by atoms with Gasteiger partial charge in [0, 0.05) is 6.54 Å². The van der Waals surface area contributed by atoms with Crippen LogP contribution in [0, 0.1) is 18.7 Å². The summed E-state index contributed by atoms with van der Waals surface area (Å²) in [5.41, 5.74) is 6.29. The third-order valence-corrected chi connectivity index (χ3v) is 3.04. The number of nitrogens with one attached hydrogen (secondary N) is 2. The fourth-order valence-electron chi connectivity index (χ4n) is 1.93. The van der Waals surface area contributed by atoms with Crippen molar-refractivity contribution >= 4 is 11.9 Å². The molecular formula is C15H22FN3O2. The van der Waals surface area contributed by atoms with Crippen molar-refractivity contribution in [1.82, 2.24) is 10.6 Å². The molecule has 4 N–H and O–H groups in total. The Morgan fingerprint density at radius 2 is 2.00 bits per heavy atom. The first kappa shape index (κ1) is 16.9. The van der Waals surface area contributed by atoms with Gasteiger partial charge in [0.05, 0.1) is 0 Å². The Morgan fingerprint density at radius 1 is 1.33 bits per heavy atom. The predicted octanol–water partition coefficient (Wildman–Crippen LogP) is 1.83. The molecule has 1 aromatic carbocycles. The number of amides is 3. The van der Waals surface area contributed by atoms with Crippen molar-refractivity contribution in [2.24, 2.45) is 11.7 Å². The van der Waals surface area contributed by atoms with Crippen molar-refractivity contribution in [3.05, 3.63) is 35.1 Å². The molecule has 5 nitrogen and oxygen atoms in total. The van der Waals surface area contributed by atoms with Gasteiger partial charge in [0.2, 0.25) is 5.91 Å². The second-order valence-electron chi connectivity index (χ2n) is 5.49. The van der Waals surface area contributed by atoms with Gasteiger partial charge in [0.25, 0.3) is 0 Å². The molecule has 3 amide bonds. The van der Waals surface area contributed by atoms with Crippen LogP contribution in [0.4, 0.5) is 9.18 Å². The van der Waals surface area contributed by atoms with Crippen LogP contribution in [0.15, 0.2) is 18.2 Å². The van der Waals surface area contributed by atoms with E-state index in [0.717, 1.165) is 0 Å². The number of carbonyl (C=O) groups excluding carboxylic acids is 2. The lowest BCUT2D eigenvalue weighted by Gasteiger charge is -2.19. The van der Waals surface area contributed by atoms with Crippen LogP contribution in [0.5, 0.6) is 0 Å². The summed E-state index contributed by atoms with van der Waals surface area (Å²) in [5.74, 6) is -0.413. The summed E-state index contributed by atoms with van der Waals surface area (Å²) in [7, 11) is 0. The summed E-state index contributed by atoms with van der Waals surface area (Å²) in [4.78, 5) is 23.0. The van der Waals surface area contributed by atoms with Crippen LogP contribution >= 0.6 is 0 Å². The maximum Gasteiger partial charge on any atom is 0.312 e. The molecule has 6 heteroatoms. The Bertz CT molecular complexity index is 518. The molecule has 21 heavy (non-hydrogen) atoms. The van der Waals surface area contributed by atoms with Gasteiger partial charge < -0.3 is 16.4 Å². The Labute approximate surface area is 124 Å². The second kappa shape index (κ2) is 7.61. The van der Waals surface area contributed by atoms with E-state index >= 15 is 0 Å². The molecule has 1 atom stereocenters. The number of halogens is 1. The third kappa shape index (κ3) is 5.81. The van der Waals surface area contributed by atoms with E-state index < -0.39 is 12.1 Å². The van der Waals surface area contributed by atoms with Crippen LogP contribution in [0.1, 0.15) is 31.4 Å². The molecule has 0 heterocycles.